The topological polar surface area (TPSA) is 63.6 Å². The SMILES string of the molecule is O=CC1=CC=CC=NS1(=O)=O. The molecule has 0 atom stereocenters. The van der Waals surface area contributed by atoms with Crippen molar-refractivity contribution in [1.29, 1.82) is 0 Å². The maximum atomic E-state index is 10.9. The van der Waals surface area contributed by atoms with Gasteiger partial charge in [0.1, 0.15) is 4.91 Å². The minimum Gasteiger partial charge on any atom is -0.297 e. The number of hydrogen-bond acceptors (Lipinski definition) is 3. The summed E-state index contributed by atoms with van der Waals surface area (Å²) in [5.74, 6) is 0. The maximum Gasteiger partial charge on any atom is 0.285 e. The maximum absolute atomic E-state index is 10.9. The average Bonchev–Trinajstić information content (AvgIpc) is 2.10. The van der Waals surface area contributed by atoms with Gasteiger partial charge in [-0.25, -0.2) is 0 Å². The molecule has 0 amide bonds. The molecule has 0 saturated heterocycles. The van der Waals surface area contributed by atoms with Gasteiger partial charge in [0.05, 0.1) is 0 Å². The summed E-state index contributed by atoms with van der Waals surface area (Å²) in [6.07, 6.45) is 5.48. The highest BCUT2D eigenvalue weighted by Gasteiger charge is 2.14. The zero-order valence-corrected chi connectivity index (χ0v) is 6.28. The quantitative estimate of drug-likeness (QED) is 0.523. The fourth-order valence-corrected chi connectivity index (χ4v) is 1.29. The summed E-state index contributed by atoms with van der Waals surface area (Å²) in [7, 11) is -3.71. The predicted molar refractivity (Wildman–Crippen MR) is 40.7 cm³/mol. The Hall–Kier alpha value is -1.23. The van der Waals surface area contributed by atoms with Crippen molar-refractivity contribution in [2.75, 3.05) is 0 Å². The van der Waals surface area contributed by atoms with Crippen LogP contribution in [0.1, 0.15) is 0 Å². The number of hydrogen-bond donors (Lipinski definition) is 0. The first-order chi connectivity index (χ1) is 5.17. The predicted octanol–water partition coefficient (Wildman–Crippen LogP) is 0.0396. The number of carbonyl (C=O) groups excluding carboxylic acids is 1. The van der Waals surface area contributed by atoms with Crippen molar-refractivity contribution in [3.63, 3.8) is 0 Å². The van der Waals surface area contributed by atoms with Crippen LogP contribution >= 0.6 is 0 Å². The fourth-order valence-electron chi connectivity index (χ4n) is 0.562. The highest BCUT2D eigenvalue weighted by molar-refractivity contribution is 7.95. The van der Waals surface area contributed by atoms with Crippen LogP contribution < -0.4 is 0 Å². The summed E-state index contributed by atoms with van der Waals surface area (Å²) in [4.78, 5) is 9.86. The molecule has 0 aliphatic carbocycles. The van der Waals surface area contributed by atoms with Crippen molar-refractivity contribution < 1.29 is 13.2 Å². The minimum absolute atomic E-state index is 0.266. The number of aldehydes is 1. The third kappa shape index (κ3) is 1.62. The molecule has 0 N–H and O–H groups in total. The number of carbonyl (C=O) groups is 1. The molecule has 1 aliphatic heterocycles. The summed E-state index contributed by atoms with van der Waals surface area (Å²) >= 11 is 0. The van der Waals surface area contributed by atoms with Crippen LogP contribution in [-0.2, 0) is 14.8 Å². The lowest BCUT2D eigenvalue weighted by atomic mass is 10.4. The van der Waals surface area contributed by atoms with Gasteiger partial charge in [-0.1, -0.05) is 6.08 Å². The molecule has 0 spiro atoms. The monoisotopic (exact) mass is 171 g/mol. The van der Waals surface area contributed by atoms with Crippen molar-refractivity contribution in [2.45, 2.75) is 0 Å². The van der Waals surface area contributed by atoms with Crippen LogP contribution in [0.3, 0.4) is 0 Å². The Balaban J connectivity index is 3.27. The van der Waals surface area contributed by atoms with Gasteiger partial charge < -0.3 is 0 Å². The second-order valence-corrected chi connectivity index (χ2v) is 3.43. The number of allylic oxidation sites excluding steroid dienone is 4. The molecule has 58 valence electrons. The van der Waals surface area contributed by atoms with Gasteiger partial charge in [0.2, 0.25) is 0 Å². The summed E-state index contributed by atoms with van der Waals surface area (Å²) in [5, 5.41) is 0. The molecular formula is C6H5NO3S. The van der Waals surface area contributed by atoms with Crippen LogP contribution in [-0.4, -0.2) is 20.9 Å². The zero-order chi connectivity index (χ0) is 8.32. The first-order valence-corrected chi connectivity index (χ1v) is 4.23. The van der Waals surface area contributed by atoms with E-state index in [0.29, 0.717) is 0 Å². The zero-order valence-electron chi connectivity index (χ0n) is 5.47. The van der Waals surface area contributed by atoms with Crippen molar-refractivity contribution >= 4 is 22.5 Å². The molecular weight excluding hydrogens is 166 g/mol. The normalized spacial score (nSPS) is 20.5. The van der Waals surface area contributed by atoms with Crippen LogP contribution in [0.5, 0.6) is 0 Å². The summed E-state index contributed by atoms with van der Waals surface area (Å²) in [6.45, 7) is 0. The highest BCUT2D eigenvalue weighted by atomic mass is 32.2. The Bertz CT molecular complexity index is 348. The van der Waals surface area contributed by atoms with E-state index in [4.69, 9.17) is 0 Å². The smallest absolute Gasteiger partial charge is 0.285 e. The van der Waals surface area contributed by atoms with Gasteiger partial charge in [-0.15, -0.1) is 0 Å². The molecule has 1 rings (SSSR count). The standard InChI is InChI=1S/C6H5NO3S/c8-5-6-3-1-2-4-7-11(6,9)10/h1-5H. The molecule has 1 aliphatic rings. The molecule has 0 aromatic heterocycles. The third-order valence-corrected chi connectivity index (χ3v) is 2.30. The lowest BCUT2D eigenvalue weighted by Gasteiger charge is -1.90. The molecule has 0 saturated carbocycles. The van der Waals surface area contributed by atoms with Gasteiger partial charge >= 0.3 is 0 Å². The molecule has 0 bridgehead atoms. The van der Waals surface area contributed by atoms with Crippen LogP contribution in [0.2, 0.25) is 0 Å². The second kappa shape index (κ2) is 2.79. The van der Waals surface area contributed by atoms with Crippen LogP contribution in [0.4, 0.5) is 0 Å². The Kier molecular flexibility index (Phi) is 2.00. The Morgan fingerprint density at radius 3 is 2.73 bits per heavy atom. The van der Waals surface area contributed by atoms with Crippen molar-refractivity contribution in [3.05, 3.63) is 23.1 Å². The first-order valence-electron chi connectivity index (χ1n) is 2.79. The van der Waals surface area contributed by atoms with Crippen LogP contribution in [0.25, 0.3) is 0 Å². The van der Waals surface area contributed by atoms with E-state index >= 15 is 0 Å². The van der Waals surface area contributed by atoms with E-state index in [-0.39, 0.29) is 11.2 Å². The molecule has 1 heterocycles. The van der Waals surface area contributed by atoms with E-state index in [2.05, 4.69) is 4.40 Å². The van der Waals surface area contributed by atoms with E-state index in [1.54, 1.807) is 0 Å². The van der Waals surface area contributed by atoms with Gasteiger partial charge in [0.25, 0.3) is 10.0 Å². The van der Waals surface area contributed by atoms with E-state index < -0.39 is 10.0 Å². The molecule has 5 heteroatoms. The highest BCUT2D eigenvalue weighted by Crippen LogP contribution is 2.07. The molecule has 0 aromatic carbocycles. The Labute approximate surface area is 64.0 Å². The van der Waals surface area contributed by atoms with E-state index in [1.165, 1.54) is 18.2 Å². The largest absolute Gasteiger partial charge is 0.297 e. The Morgan fingerprint density at radius 1 is 1.36 bits per heavy atom. The van der Waals surface area contributed by atoms with Crippen molar-refractivity contribution in [1.82, 2.24) is 0 Å². The molecule has 0 unspecified atom stereocenters. The summed E-state index contributed by atoms with van der Waals surface area (Å²) in [5.41, 5.74) is 0. The summed E-state index contributed by atoms with van der Waals surface area (Å²) < 4.78 is 25.0. The minimum atomic E-state index is -3.71. The molecule has 0 radical (unpaired) electrons. The first kappa shape index (κ1) is 7.87. The van der Waals surface area contributed by atoms with Gasteiger partial charge in [0, 0.05) is 6.21 Å². The lowest BCUT2D eigenvalue weighted by molar-refractivity contribution is -0.104. The van der Waals surface area contributed by atoms with E-state index in [1.807, 2.05) is 0 Å². The van der Waals surface area contributed by atoms with E-state index in [0.717, 1.165) is 6.21 Å². The Morgan fingerprint density at radius 2 is 2.09 bits per heavy atom. The average molecular weight is 171 g/mol. The molecule has 0 fully saturated rings. The number of sulfonamides is 1. The third-order valence-electron chi connectivity index (χ3n) is 1.07. The molecule has 11 heavy (non-hydrogen) atoms. The molecule has 4 nitrogen and oxygen atoms in total. The van der Waals surface area contributed by atoms with E-state index in [9.17, 15) is 13.2 Å². The van der Waals surface area contributed by atoms with Gasteiger partial charge in [-0.05, 0) is 12.2 Å². The van der Waals surface area contributed by atoms with Crippen molar-refractivity contribution in [2.24, 2.45) is 4.40 Å². The second-order valence-electron chi connectivity index (χ2n) is 1.80. The fraction of sp³-hybridized carbons (Fsp3) is 0. The number of nitrogens with zero attached hydrogens (tertiary/aromatic N) is 1. The van der Waals surface area contributed by atoms with Crippen LogP contribution in [0.15, 0.2) is 27.5 Å². The number of rotatable bonds is 1. The van der Waals surface area contributed by atoms with Crippen molar-refractivity contribution in [3.8, 4) is 0 Å². The lowest BCUT2D eigenvalue weighted by Crippen LogP contribution is -2.00. The van der Waals surface area contributed by atoms with Gasteiger partial charge in [0.15, 0.2) is 6.29 Å². The molecule has 0 aromatic rings. The van der Waals surface area contributed by atoms with Crippen LogP contribution in [0, 0.1) is 0 Å². The summed E-state index contributed by atoms with van der Waals surface area (Å²) in [6, 6.07) is 0. The van der Waals surface area contributed by atoms with Gasteiger partial charge in [-0.3, -0.25) is 4.79 Å². The van der Waals surface area contributed by atoms with Gasteiger partial charge in [-0.2, -0.15) is 12.8 Å².